The van der Waals surface area contributed by atoms with Crippen LogP contribution < -0.4 is 5.32 Å². The van der Waals surface area contributed by atoms with Crippen molar-refractivity contribution in [1.82, 2.24) is 5.32 Å². The van der Waals surface area contributed by atoms with E-state index >= 15 is 0 Å². The average Bonchev–Trinajstić information content (AvgIpc) is 2.86. The summed E-state index contributed by atoms with van der Waals surface area (Å²) in [6.45, 7) is 4.67. The fourth-order valence-electron chi connectivity index (χ4n) is 3.18. The Morgan fingerprint density at radius 3 is 2.63 bits per heavy atom. The number of rotatable bonds is 3. The van der Waals surface area contributed by atoms with Gasteiger partial charge in [-0.3, -0.25) is 4.79 Å². The van der Waals surface area contributed by atoms with E-state index in [1.54, 1.807) is 0 Å². The molecule has 2 rings (SSSR count). The number of carbonyl (C=O) groups is 1. The van der Waals surface area contributed by atoms with Gasteiger partial charge < -0.3 is 10.1 Å². The molecule has 1 saturated heterocycles. The second-order valence-electron chi connectivity index (χ2n) is 6.11. The van der Waals surface area contributed by atoms with Gasteiger partial charge in [0.25, 0.3) is 0 Å². The van der Waals surface area contributed by atoms with E-state index < -0.39 is 5.54 Å². The van der Waals surface area contributed by atoms with Crippen LogP contribution in [-0.4, -0.2) is 24.2 Å². The molecule has 0 spiro atoms. The van der Waals surface area contributed by atoms with E-state index in [1.807, 2.05) is 6.92 Å². The molecule has 4 heteroatoms. The van der Waals surface area contributed by atoms with Crippen LogP contribution in [0.4, 0.5) is 0 Å². The second kappa shape index (κ2) is 5.92. The monoisotopic (exact) mass is 264 g/mol. The number of nitriles is 1. The summed E-state index contributed by atoms with van der Waals surface area (Å²) in [7, 11) is 0. The van der Waals surface area contributed by atoms with E-state index in [4.69, 9.17) is 4.74 Å². The molecule has 19 heavy (non-hydrogen) atoms. The molecule has 0 aromatic carbocycles. The summed E-state index contributed by atoms with van der Waals surface area (Å²) < 4.78 is 5.43. The molecule has 1 N–H and O–H groups in total. The van der Waals surface area contributed by atoms with Crippen LogP contribution in [0.25, 0.3) is 0 Å². The Labute approximate surface area is 115 Å². The Kier molecular flexibility index (Phi) is 4.46. The third kappa shape index (κ3) is 3.27. The molecule has 0 aromatic rings. The van der Waals surface area contributed by atoms with Crippen molar-refractivity contribution in [2.75, 3.05) is 6.61 Å². The van der Waals surface area contributed by atoms with E-state index in [9.17, 15) is 10.1 Å². The highest BCUT2D eigenvalue weighted by atomic mass is 16.5. The molecule has 2 atom stereocenters. The Hall–Kier alpha value is -1.08. The van der Waals surface area contributed by atoms with Crippen LogP contribution in [0, 0.1) is 23.2 Å². The SMILES string of the molecule is CCC1CCC(C#N)(NC(=O)C2COC(C)C2)CC1. The summed E-state index contributed by atoms with van der Waals surface area (Å²) >= 11 is 0. The largest absolute Gasteiger partial charge is 0.378 e. The summed E-state index contributed by atoms with van der Waals surface area (Å²) in [6.07, 6.45) is 5.76. The molecule has 0 radical (unpaired) electrons. The summed E-state index contributed by atoms with van der Waals surface area (Å²) in [6, 6.07) is 2.35. The maximum absolute atomic E-state index is 12.2. The molecule has 0 bridgehead atoms. The third-order valence-electron chi connectivity index (χ3n) is 4.68. The summed E-state index contributed by atoms with van der Waals surface area (Å²) in [5.41, 5.74) is -0.630. The zero-order chi connectivity index (χ0) is 13.9. The van der Waals surface area contributed by atoms with E-state index in [-0.39, 0.29) is 17.9 Å². The minimum Gasteiger partial charge on any atom is -0.378 e. The summed E-state index contributed by atoms with van der Waals surface area (Å²) in [5, 5.41) is 12.5. The van der Waals surface area contributed by atoms with Gasteiger partial charge in [0.2, 0.25) is 5.91 Å². The minimum atomic E-state index is -0.630. The predicted molar refractivity (Wildman–Crippen MR) is 72.3 cm³/mol. The number of hydrogen-bond acceptors (Lipinski definition) is 3. The Bertz CT molecular complexity index is 367. The molecule has 106 valence electrons. The van der Waals surface area contributed by atoms with Gasteiger partial charge in [-0.2, -0.15) is 5.26 Å². The second-order valence-corrected chi connectivity index (χ2v) is 6.11. The first kappa shape index (κ1) is 14.3. The molecular formula is C15H24N2O2. The maximum atomic E-state index is 12.2. The van der Waals surface area contributed by atoms with Gasteiger partial charge in [0.1, 0.15) is 5.54 Å². The third-order valence-corrected chi connectivity index (χ3v) is 4.68. The first-order valence-electron chi connectivity index (χ1n) is 7.43. The van der Waals surface area contributed by atoms with Crippen molar-refractivity contribution in [3.63, 3.8) is 0 Å². The molecule has 1 heterocycles. The standard InChI is InChI=1S/C15H24N2O2/c1-3-12-4-6-15(10-16,7-5-12)17-14(18)13-8-11(2)19-9-13/h11-13H,3-9H2,1-2H3,(H,17,18). The van der Waals surface area contributed by atoms with Crippen molar-refractivity contribution >= 4 is 5.91 Å². The first-order valence-corrected chi connectivity index (χ1v) is 7.43. The number of nitrogens with one attached hydrogen (secondary N) is 1. The quantitative estimate of drug-likeness (QED) is 0.851. The summed E-state index contributed by atoms with van der Waals surface area (Å²) in [4.78, 5) is 12.2. The molecule has 4 nitrogen and oxygen atoms in total. The predicted octanol–water partition coefficient (Wildman–Crippen LogP) is 2.39. The lowest BCUT2D eigenvalue weighted by molar-refractivity contribution is -0.126. The molecule has 2 fully saturated rings. The number of hydrogen-bond donors (Lipinski definition) is 1. The number of amides is 1. The van der Waals surface area contributed by atoms with Crippen LogP contribution in [0.2, 0.25) is 0 Å². The molecular weight excluding hydrogens is 240 g/mol. The first-order chi connectivity index (χ1) is 9.08. The average molecular weight is 264 g/mol. The molecule has 1 amide bonds. The van der Waals surface area contributed by atoms with Gasteiger partial charge in [-0.15, -0.1) is 0 Å². The highest BCUT2D eigenvalue weighted by Crippen LogP contribution is 2.34. The van der Waals surface area contributed by atoms with Gasteiger partial charge in [-0.05, 0) is 44.9 Å². The van der Waals surface area contributed by atoms with E-state index in [0.717, 1.165) is 32.1 Å². The summed E-state index contributed by atoms with van der Waals surface area (Å²) in [5.74, 6) is 0.637. The van der Waals surface area contributed by atoms with Crippen LogP contribution in [0.5, 0.6) is 0 Å². The lowest BCUT2D eigenvalue weighted by Crippen LogP contribution is -2.51. The number of ether oxygens (including phenoxy) is 1. The topological polar surface area (TPSA) is 62.1 Å². The zero-order valence-electron chi connectivity index (χ0n) is 11.9. The van der Waals surface area contributed by atoms with Crippen molar-refractivity contribution in [2.45, 2.75) is 64.0 Å². The fraction of sp³-hybridized carbons (Fsp3) is 0.867. The normalized spacial score (nSPS) is 38.7. The van der Waals surface area contributed by atoms with Crippen LogP contribution in [0.1, 0.15) is 52.4 Å². The lowest BCUT2D eigenvalue weighted by atomic mass is 9.76. The van der Waals surface area contributed by atoms with Crippen LogP contribution >= 0.6 is 0 Å². The Morgan fingerprint density at radius 1 is 1.47 bits per heavy atom. The molecule has 2 unspecified atom stereocenters. The van der Waals surface area contributed by atoms with E-state index in [0.29, 0.717) is 12.5 Å². The molecule has 1 aliphatic carbocycles. The van der Waals surface area contributed by atoms with Crippen molar-refractivity contribution in [2.24, 2.45) is 11.8 Å². The van der Waals surface area contributed by atoms with Crippen LogP contribution in [0.3, 0.4) is 0 Å². The minimum absolute atomic E-state index is 0.000786. The van der Waals surface area contributed by atoms with Crippen LogP contribution in [-0.2, 0) is 9.53 Å². The van der Waals surface area contributed by atoms with Crippen molar-refractivity contribution < 1.29 is 9.53 Å². The number of nitrogens with zero attached hydrogens (tertiary/aromatic N) is 1. The van der Waals surface area contributed by atoms with Crippen molar-refractivity contribution in [3.05, 3.63) is 0 Å². The molecule has 2 aliphatic rings. The number of carbonyl (C=O) groups excluding carboxylic acids is 1. The fourth-order valence-corrected chi connectivity index (χ4v) is 3.18. The van der Waals surface area contributed by atoms with E-state index in [1.165, 1.54) is 6.42 Å². The van der Waals surface area contributed by atoms with Gasteiger partial charge >= 0.3 is 0 Å². The van der Waals surface area contributed by atoms with Crippen LogP contribution in [0.15, 0.2) is 0 Å². The van der Waals surface area contributed by atoms with E-state index in [2.05, 4.69) is 18.3 Å². The van der Waals surface area contributed by atoms with Crippen molar-refractivity contribution in [3.8, 4) is 6.07 Å². The highest BCUT2D eigenvalue weighted by Gasteiger charge is 2.39. The molecule has 1 aliphatic heterocycles. The van der Waals surface area contributed by atoms with Gasteiger partial charge in [0.15, 0.2) is 0 Å². The highest BCUT2D eigenvalue weighted by molar-refractivity contribution is 5.80. The Balaban J connectivity index is 1.92. The lowest BCUT2D eigenvalue weighted by Gasteiger charge is -2.35. The zero-order valence-corrected chi connectivity index (χ0v) is 11.9. The van der Waals surface area contributed by atoms with Gasteiger partial charge in [0, 0.05) is 0 Å². The smallest absolute Gasteiger partial charge is 0.226 e. The maximum Gasteiger partial charge on any atom is 0.226 e. The Morgan fingerprint density at radius 2 is 2.16 bits per heavy atom. The van der Waals surface area contributed by atoms with Gasteiger partial charge in [-0.1, -0.05) is 13.3 Å². The van der Waals surface area contributed by atoms with Gasteiger partial charge in [-0.25, -0.2) is 0 Å². The molecule has 1 saturated carbocycles. The molecule has 0 aromatic heterocycles. The van der Waals surface area contributed by atoms with Crippen molar-refractivity contribution in [1.29, 1.82) is 5.26 Å². The van der Waals surface area contributed by atoms with Gasteiger partial charge in [0.05, 0.1) is 24.7 Å².